The molecule has 1 aliphatic rings. The molecule has 4 nitrogen and oxygen atoms in total. The van der Waals surface area contributed by atoms with Crippen molar-refractivity contribution in [1.29, 1.82) is 0 Å². The maximum absolute atomic E-state index is 12.9. The number of hydrogen-bond acceptors (Lipinski definition) is 2. The summed E-state index contributed by atoms with van der Waals surface area (Å²) in [7, 11) is 0. The number of carbonyl (C=O) groups is 2. The third-order valence-electron chi connectivity index (χ3n) is 4.95. The molecule has 0 unspecified atom stereocenters. The van der Waals surface area contributed by atoms with Crippen molar-refractivity contribution >= 4 is 11.8 Å². The smallest absolute Gasteiger partial charge is 0.253 e. The van der Waals surface area contributed by atoms with Gasteiger partial charge in [-0.1, -0.05) is 63.2 Å². The lowest BCUT2D eigenvalue weighted by Gasteiger charge is -2.28. The standard InChI is InChI=1S/C23H28N2O2/c1-23(2,3)22(27)25-15-7-14-24(16-17-25)21(26)20-12-10-19(11-13-20)18-8-5-4-6-9-18/h4-6,8-13H,7,14-17H2,1-3H3. The number of amides is 2. The lowest BCUT2D eigenvalue weighted by Crippen LogP contribution is -2.42. The molecule has 3 rings (SSSR count). The predicted octanol–water partition coefficient (Wildman–Crippen LogP) is 4.07. The van der Waals surface area contributed by atoms with Gasteiger partial charge in [-0.15, -0.1) is 0 Å². The fraction of sp³-hybridized carbons (Fsp3) is 0.391. The van der Waals surface area contributed by atoms with Crippen molar-refractivity contribution in [3.63, 3.8) is 0 Å². The number of hydrogen-bond donors (Lipinski definition) is 0. The first-order valence-electron chi connectivity index (χ1n) is 9.60. The summed E-state index contributed by atoms with van der Waals surface area (Å²) < 4.78 is 0. The van der Waals surface area contributed by atoms with Crippen molar-refractivity contribution in [2.45, 2.75) is 27.2 Å². The van der Waals surface area contributed by atoms with Crippen molar-refractivity contribution < 1.29 is 9.59 Å². The Kier molecular flexibility index (Phi) is 5.64. The van der Waals surface area contributed by atoms with E-state index in [1.807, 2.05) is 73.0 Å². The fourth-order valence-corrected chi connectivity index (χ4v) is 3.42. The minimum atomic E-state index is -0.382. The van der Waals surface area contributed by atoms with E-state index in [1.165, 1.54) is 0 Å². The Balaban J connectivity index is 1.67. The zero-order valence-electron chi connectivity index (χ0n) is 16.4. The van der Waals surface area contributed by atoms with Crippen LogP contribution in [0.25, 0.3) is 11.1 Å². The highest BCUT2D eigenvalue weighted by atomic mass is 16.2. The molecule has 0 N–H and O–H groups in total. The van der Waals surface area contributed by atoms with Gasteiger partial charge in [0.1, 0.15) is 0 Å². The molecule has 1 aliphatic heterocycles. The Hall–Kier alpha value is -2.62. The normalized spacial score (nSPS) is 15.4. The molecule has 0 aromatic heterocycles. The zero-order valence-corrected chi connectivity index (χ0v) is 16.4. The quantitative estimate of drug-likeness (QED) is 0.806. The highest BCUT2D eigenvalue weighted by Gasteiger charge is 2.29. The number of rotatable bonds is 2. The van der Waals surface area contributed by atoms with Crippen LogP contribution in [0, 0.1) is 5.41 Å². The van der Waals surface area contributed by atoms with E-state index in [9.17, 15) is 9.59 Å². The van der Waals surface area contributed by atoms with Crippen LogP contribution >= 0.6 is 0 Å². The molecule has 2 aromatic rings. The van der Waals surface area contributed by atoms with Crippen LogP contribution in [0.15, 0.2) is 54.6 Å². The maximum atomic E-state index is 12.9. The molecule has 2 aromatic carbocycles. The molecular weight excluding hydrogens is 336 g/mol. The molecular formula is C23H28N2O2. The summed E-state index contributed by atoms with van der Waals surface area (Å²) in [5.74, 6) is 0.198. The average Bonchev–Trinajstić information content (AvgIpc) is 2.93. The molecule has 4 heteroatoms. The Morgan fingerprint density at radius 1 is 0.741 bits per heavy atom. The third-order valence-corrected chi connectivity index (χ3v) is 4.95. The first-order chi connectivity index (χ1) is 12.9. The SMILES string of the molecule is CC(C)(C)C(=O)N1CCCN(C(=O)c2ccc(-c3ccccc3)cc2)CC1. The van der Waals surface area contributed by atoms with Crippen LogP contribution in [0.1, 0.15) is 37.6 Å². The van der Waals surface area contributed by atoms with E-state index in [0.717, 1.165) is 17.5 Å². The molecule has 0 atom stereocenters. The van der Waals surface area contributed by atoms with Gasteiger partial charge in [0.25, 0.3) is 5.91 Å². The van der Waals surface area contributed by atoms with Crippen molar-refractivity contribution in [1.82, 2.24) is 9.80 Å². The Bertz CT molecular complexity index is 791. The van der Waals surface area contributed by atoms with Crippen LogP contribution < -0.4 is 0 Å². The number of benzene rings is 2. The van der Waals surface area contributed by atoms with Gasteiger partial charge in [-0.05, 0) is 29.7 Å². The first kappa shape index (κ1) is 19.2. The lowest BCUT2D eigenvalue weighted by atomic mass is 9.94. The second-order valence-corrected chi connectivity index (χ2v) is 8.13. The van der Waals surface area contributed by atoms with Gasteiger partial charge in [0.05, 0.1) is 0 Å². The van der Waals surface area contributed by atoms with Gasteiger partial charge in [0.15, 0.2) is 0 Å². The highest BCUT2D eigenvalue weighted by molar-refractivity contribution is 5.94. The summed E-state index contributed by atoms with van der Waals surface area (Å²) >= 11 is 0. The van der Waals surface area contributed by atoms with E-state index >= 15 is 0 Å². The van der Waals surface area contributed by atoms with Crippen LogP contribution in [0.5, 0.6) is 0 Å². The van der Waals surface area contributed by atoms with Crippen LogP contribution in [0.4, 0.5) is 0 Å². The van der Waals surface area contributed by atoms with E-state index in [4.69, 9.17) is 0 Å². The second-order valence-electron chi connectivity index (χ2n) is 8.13. The maximum Gasteiger partial charge on any atom is 0.253 e. The van der Waals surface area contributed by atoms with Crippen molar-refractivity contribution in [3.8, 4) is 11.1 Å². The molecule has 27 heavy (non-hydrogen) atoms. The summed E-state index contributed by atoms with van der Waals surface area (Å²) in [6.45, 7) is 8.41. The van der Waals surface area contributed by atoms with E-state index in [1.54, 1.807) is 0 Å². The van der Waals surface area contributed by atoms with Crippen LogP contribution in [0.2, 0.25) is 0 Å². The highest BCUT2D eigenvalue weighted by Crippen LogP contribution is 2.21. The van der Waals surface area contributed by atoms with Gasteiger partial charge < -0.3 is 9.80 Å². The van der Waals surface area contributed by atoms with Gasteiger partial charge in [-0.2, -0.15) is 0 Å². The third kappa shape index (κ3) is 4.57. The van der Waals surface area contributed by atoms with E-state index in [0.29, 0.717) is 31.7 Å². The Labute approximate surface area is 161 Å². The molecule has 0 radical (unpaired) electrons. The zero-order chi connectivity index (χ0) is 19.4. The van der Waals surface area contributed by atoms with Gasteiger partial charge in [0, 0.05) is 37.2 Å². The van der Waals surface area contributed by atoms with Crippen molar-refractivity contribution in [2.24, 2.45) is 5.41 Å². The second kappa shape index (κ2) is 7.95. The first-order valence-corrected chi connectivity index (χ1v) is 9.60. The number of carbonyl (C=O) groups excluding carboxylic acids is 2. The topological polar surface area (TPSA) is 40.6 Å². The van der Waals surface area contributed by atoms with Crippen LogP contribution in [-0.2, 0) is 4.79 Å². The minimum absolute atomic E-state index is 0.0414. The summed E-state index contributed by atoms with van der Waals surface area (Å²) in [5, 5.41) is 0. The van der Waals surface area contributed by atoms with Crippen molar-refractivity contribution in [2.75, 3.05) is 26.2 Å². The molecule has 0 spiro atoms. The number of nitrogens with zero attached hydrogens (tertiary/aromatic N) is 2. The van der Waals surface area contributed by atoms with Gasteiger partial charge in [-0.25, -0.2) is 0 Å². The molecule has 0 saturated carbocycles. The molecule has 2 amide bonds. The monoisotopic (exact) mass is 364 g/mol. The van der Waals surface area contributed by atoms with Crippen LogP contribution in [0.3, 0.4) is 0 Å². The summed E-state index contributed by atoms with van der Waals surface area (Å²) in [5.41, 5.74) is 2.56. The molecule has 0 aliphatic carbocycles. The summed E-state index contributed by atoms with van der Waals surface area (Å²) in [6.07, 6.45) is 0.815. The molecule has 0 bridgehead atoms. The van der Waals surface area contributed by atoms with Gasteiger partial charge in [0.2, 0.25) is 5.91 Å². The average molecular weight is 364 g/mol. The van der Waals surface area contributed by atoms with Crippen LogP contribution in [-0.4, -0.2) is 47.8 Å². The minimum Gasteiger partial charge on any atom is -0.340 e. The molecule has 142 valence electrons. The predicted molar refractivity (Wildman–Crippen MR) is 108 cm³/mol. The summed E-state index contributed by atoms with van der Waals surface area (Å²) in [4.78, 5) is 29.2. The Morgan fingerprint density at radius 3 is 1.93 bits per heavy atom. The van der Waals surface area contributed by atoms with Gasteiger partial charge >= 0.3 is 0 Å². The van der Waals surface area contributed by atoms with Crippen molar-refractivity contribution in [3.05, 3.63) is 60.2 Å². The largest absolute Gasteiger partial charge is 0.340 e. The molecule has 1 saturated heterocycles. The van der Waals surface area contributed by atoms with E-state index in [-0.39, 0.29) is 17.2 Å². The Morgan fingerprint density at radius 2 is 1.30 bits per heavy atom. The lowest BCUT2D eigenvalue weighted by molar-refractivity contribution is -0.139. The van der Waals surface area contributed by atoms with Gasteiger partial charge in [-0.3, -0.25) is 9.59 Å². The summed E-state index contributed by atoms with van der Waals surface area (Å²) in [6, 6.07) is 17.9. The molecule has 1 heterocycles. The van der Waals surface area contributed by atoms with E-state index in [2.05, 4.69) is 12.1 Å². The molecule has 1 fully saturated rings. The van der Waals surface area contributed by atoms with E-state index < -0.39 is 0 Å². The fourth-order valence-electron chi connectivity index (χ4n) is 3.42.